The second kappa shape index (κ2) is 11.3. The van der Waals surface area contributed by atoms with E-state index in [0.717, 1.165) is 12.5 Å². The Morgan fingerprint density at radius 2 is 1.89 bits per heavy atom. The number of hydrogen-bond donors (Lipinski definition) is 2. The molecule has 0 radical (unpaired) electrons. The van der Waals surface area contributed by atoms with Gasteiger partial charge in [0, 0.05) is 31.2 Å². The van der Waals surface area contributed by atoms with Gasteiger partial charge in [0.25, 0.3) is 15.9 Å². The third-order valence-corrected chi connectivity index (χ3v) is 8.44. The minimum absolute atomic E-state index is 0.0287. The number of nitrogens with one attached hydrogen (secondary N) is 1. The maximum absolute atomic E-state index is 13.6. The lowest BCUT2D eigenvalue weighted by atomic mass is 9.99. The normalized spacial score (nSPS) is 21.0. The third-order valence-electron chi connectivity index (χ3n) is 7.05. The van der Waals surface area contributed by atoms with Crippen LogP contribution in [-0.4, -0.2) is 81.8 Å². The van der Waals surface area contributed by atoms with Crippen molar-refractivity contribution >= 4 is 21.6 Å². The van der Waals surface area contributed by atoms with Crippen LogP contribution in [0.4, 0.5) is 5.69 Å². The largest absolute Gasteiger partial charge is 0.497 e. The van der Waals surface area contributed by atoms with Gasteiger partial charge < -0.3 is 24.4 Å². The van der Waals surface area contributed by atoms with Crippen molar-refractivity contribution in [3.05, 3.63) is 48.0 Å². The number of carbonyl (C=O) groups is 1. The molecule has 2 N–H and O–H groups in total. The number of fused-ring (bicyclic) bond motifs is 1. The molecule has 1 aliphatic heterocycles. The van der Waals surface area contributed by atoms with Gasteiger partial charge >= 0.3 is 0 Å². The predicted molar refractivity (Wildman–Crippen MR) is 142 cm³/mol. The van der Waals surface area contributed by atoms with E-state index in [1.54, 1.807) is 36.1 Å². The highest BCUT2D eigenvalue weighted by Crippen LogP contribution is 2.33. The molecule has 10 heteroatoms. The van der Waals surface area contributed by atoms with Gasteiger partial charge in [-0.1, -0.05) is 6.92 Å². The zero-order valence-corrected chi connectivity index (χ0v) is 22.7. The number of likely N-dealkylation sites (N-methyl/N-ethyl adjacent to an activating group) is 1. The maximum atomic E-state index is 13.6. The van der Waals surface area contributed by atoms with E-state index in [0.29, 0.717) is 24.6 Å². The highest BCUT2D eigenvalue weighted by atomic mass is 32.2. The Labute approximate surface area is 219 Å². The quantitative estimate of drug-likeness (QED) is 0.485. The van der Waals surface area contributed by atoms with Crippen molar-refractivity contribution in [1.82, 2.24) is 9.80 Å². The predicted octanol–water partition coefficient (Wildman–Crippen LogP) is 3.06. The first-order chi connectivity index (χ1) is 17.6. The Balaban J connectivity index is 1.63. The van der Waals surface area contributed by atoms with Crippen molar-refractivity contribution in [3.8, 4) is 11.5 Å². The summed E-state index contributed by atoms with van der Waals surface area (Å²) >= 11 is 0. The van der Waals surface area contributed by atoms with Crippen LogP contribution in [0.3, 0.4) is 0 Å². The van der Waals surface area contributed by atoms with E-state index in [-0.39, 0.29) is 40.7 Å². The fourth-order valence-electron chi connectivity index (χ4n) is 4.60. The number of aliphatic hydroxyl groups is 1. The second-order valence-corrected chi connectivity index (χ2v) is 12.0. The molecule has 2 aromatic rings. The zero-order chi connectivity index (χ0) is 26.7. The van der Waals surface area contributed by atoms with Gasteiger partial charge in [0.2, 0.25) is 0 Å². The molecule has 1 heterocycles. The molecule has 3 atom stereocenters. The number of aliphatic hydroxyl groups excluding tert-OH is 1. The summed E-state index contributed by atoms with van der Waals surface area (Å²) in [5.41, 5.74) is 0.510. The minimum atomic E-state index is -3.89. The number of rotatable bonds is 10. The molecule has 0 unspecified atom stereocenters. The molecule has 1 fully saturated rings. The number of benzene rings is 2. The number of nitrogens with zero attached hydrogens (tertiary/aromatic N) is 2. The standard InChI is InChI=1S/C27H37N3O6S/c1-18-14-30(19(2)17-31)27(32)24-13-21(28-37(33,34)23-10-8-22(35-4)9-11-23)7-12-25(24)36-26(18)16-29(3)15-20-5-6-20/h7-13,18-20,26,28,31H,5-6,14-17H2,1-4H3/t18-,19+,26-/m0/s1. The van der Waals surface area contributed by atoms with Crippen molar-refractivity contribution in [2.24, 2.45) is 11.8 Å². The molecule has 0 spiro atoms. The number of anilines is 1. The molecule has 1 saturated carbocycles. The molecule has 2 aliphatic rings. The van der Waals surface area contributed by atoms with Gasteiger partial charge in [0.15, 0.2) is 0 Å². The molecule has 202 valence electrons. The van der Waals surface area contributed by atoms with Gasteiger partial charge in [-0.05, 0) is 75.2 Å². The molecule has 2 aromatic carbocycles. The molecular formula is C27H37N3O6S. The number of sulfonamides is 1. The Morgan fingerprint density at radius 3 is 2.51 bits per heavy atom. The minimum Gasteiger partial charge on any atom is -0.497 e. The lowest BCUT2D eigenvalue weighted by Gasteiger charge is -2.38. The van der Waals surface area contributed by atoms with Crippen LogP contribution < -0.4 is 14.2 Å². The molecule has 1 amide bonds. The van der Waals surface area contributed by atoms with Crippen molar-refractivity contribution in [2.45, 2.75) is 43.7 Å². The average Bonchev–Trinajstić information content (AvgIpc) is 3.69. The van der Waals surface area contributed by atoms with E-state index in [1.807, 2.05) is 0 Å². The highest BCUT2D eigenvalue weighted by molar-refractivity contribution is 7.92. The summed E-state index contributed by atoms with van der Waals surface area (Å²) in [6, 6.07) is 10.4. The van der Waals surface area contributed by atoms with Crippen LogP contribution in [0, 0.1) is 11.8 Å². The van der Waals surface area contributed by atoms with E-state index < -0.39 is 16.1 Å². The number of methoxy groups -OCH3 is 1. The van der Waals surface area contributed by atoms with Crippen LogP contribution in [0.15, 0.2) is 47.4 Å². The molecule has 9 nitrogen and oxygen atoms in total. The Bertz CT molecular complexity index is 1200. The molecule has 0 bridgehead atoms. The summed E-state index contributed by atoms with van der Waals surface area (Å²) < 4.78 is 40.0. The summed E-state index contributed by atoms with van der Waals surface area (Å²) in [5, 5.41) is 9.86. The molecular weight excluding hydrogens is 494 g/mol. The van der Waals surface area contributed by atoms with Crippen molar-refractivity contribution in [2.75, 3.05) is 45.1 Å². The van der Waals surface area contributed by atoms with E-state index in [9.17, 15) is 18.3 Å². The Hall–Kier alpha value is -2.82. The average molecular weight is 532 g/mol. The summed E-state index contributed by atoms with van der Waals surface area (Å²) in [4.78, 5) is 17.6. The highest BCUT2D eigenvalue weighted by Gasteiger charge is 2.34. The number of amides is 1. The van der Waals surface area contributed by atoms with Crippen LogP contribution >= 0.6 is 0 Å². The molecule has 4 rings (SSSR count). The van der Waals surface area contributed by atoms with Crippen LogP contribution in [0.1, 0.15) is 37.0 Å². The summed E-state index contributed by atoms with van der Waals surface area (Å²) in [7, 11) is -0.294. The smallest absolute Gasteiger partial charge is 0.261 e. The topological polar surface area (TPSA) is 108 Å². The fourth-order valence-corrected chi connectivity index (χ4v) is 5.65. The fraction of sp³-hybridized carbons (Fsp3) is 0.519. The zero-order valence-electron chi connectivity index (χ0n) is 21.9. The van der Waals surface area contributed by atoms with Crippen molar-refractivity contribution in [1.29, 1.82) is 0 Å². The Morgan fingerprint density at radius 1 is 1.19 bits per heavy atom. The van der Waals surface area contributed by atoms with Gasteiger partial charge in [-0.2, -0.15) is 0 Å². The van der Waals surface area contributed by atoms with Crippen LogP contribution in [0.5, 0.6) is 11.5 Å². The monoisotopic (exact) mass is 531 g/mol. The molecule has 0 saturated heterocycles. The number of ether oxygens (including phenoxy) is 2. The van der Waals surface area contributed by atoms with Gasteiger partial charge in [-0.3, -0.25) is 9.52 Å². The first-order valence-corrected chi connectivity index (χ1v) is 14.2. The van der Waals surface area contributed by atoms with Gasteiger partial charge in [0.1, 0.15) is 17.6 Å². The van der Waals surface area contributed by atoms with E-state index in [1.165, 1.54) is 38.2 Å². The van der Waals surface area contributed by atoms with E-state index in [2.05, 4.69) is 23.6 Å². The van der Waals surface area contributed by atoms with Crippen LogP contribution in [0.25, 0.3) is 0 Å². The summed E-state index contributed by atoms with van der Waals surface area (Å²) in [6.07, 6.45) is 2.35. The molecule has 37 heavy (non-hydrogen) atoms. The van der Waals surface area contributed by atoms with Gasteiger partial charge in [-0.15, -0.1) is 0 Å². The van der Waals surface area contributed by atoms with Gasteiger partial charge in [-0.25, -0.2) is 8.42 Å². The van der Waals surface area contributed by atoms with Crippen molar-refractivity contribution < 1.29 is 27.8 Å². The lowest BCUT2D eigenvalue weighted by molar-refractivity contribution is 0.0344. The van der Waals surface area contributed by atoms with Crippen LogP contribution in [-0.2, 0) is 10.0 Å². The molecule has 1 aliphatic carbocycles. The summed E-state index contributed by atoms with van der Waals surface area (Å²) in [6.45, 7) is 5.83. The Kier molecular flexibility index (Phi) is 8.30. The molecule has 0 aromatic heterocycles. The lowest BCUT2D eigenvalue weighted by Crippen LogP contribution is -2.50. The SMILES string of the molecule is COc1ccc(S(=O)(=O)Nc2ccc3c(c2)C(=O)N([C@H](C)CO)C[C@H](C)[C@H](CN(C)CC2CC2)O3)cc1. The van der Waals surface area contributed by atoms with E-state index in [4.69, 9.17) is 9.47 Å². The second-order valence-electron chi connectivity index (χ2n) is 10.3. The number of carbonyl (C=O) groups excluding carboxylic acids is 1. The first kappa shape index (κ1) is 27.2. The van der Waals surface area contributed by atoms with E-state index >= 15 is 0 Å². The van der Waals surface area contributed by atoms with Crippen molar-refractivity contribution in [3.63, 3.8) is 0 Å². The number of hydrogen-bond acceptors (Lipinski definition) is 7. The first-order valence-electron chi connectivity index (χ1n) is 12.7. The third kappa shape index (κ3) is 6.55. The maximum Gasteiger partial charge on any atom is 0.261 e. The van der Waals surface area contributed by atoms with Gasteiger partial charge in [0.05, 0.1) is 30.2 Å². The summed E-state index contributed by atoms with van der Waals surface area (Å²) in [5.74, 6) is 1.42. The van der Waals surface area contributed by atoms with Crippen LogP contribution in [0.2, 0.25) is 0 Å².